The van der Waals surface area contributed by atoms with E-state index in [2.05, 4.69) is 0 Å². The van der Waals surface area contributed by atoms with Crippen molar-refractivity contribution in [1.82, 2.24) is 0 Å². The molecule has 2 unspecified atom stereocenters. The van der Waals surface area contributed by atoms with Crippen LogP contribution in [-0.2, 0) is 14.0 Å². The highest BCUT2D eigenvalue weighted by Crippen LogP contribution is 2.78. The Kier molecular flexibility index (Phi) is 2.33. The van der Waals surface area contributed by atoms with E-state index in [1.165, 1.54) is 0 Å². The second-order valence-corrected chi connectivity index (χ2v) is 6.63. The second-order valence-electron chi connectivity index (χ2n) is 6.63. The molecule has 18 heavy (non-hydrogen) atoms. The Labute approximate surface area is 106 Å². The van der Waals surface area contributed by atoms with Crippen LogP contribution in [0.2, 0.25) is 5.31 Å². The van der Waals surface area contributed by atoms with Gasteiger partial charge < -0.3 is 14.0 Å². The predicted molar refractivity (Wildman–Crippen MR) is 62.6 cm³/mol. The van der Waals surface area contributed by atoms with E-state index in [0.29, 0.717) is 13.0 Å². The SMILES string of the molecule is CC1(C)OB(C23CCOCC2C3(F)F)OC1(C)C. The number of halogens is 2. The molecule has 0 amide bonds. The van der Waals surface area contributed by atoms with Crippen LogP contribution >= 0.6 is 0 Å². The molecule has 3 fully saturated rings. The maximum absolute atomic E-state index is 14.1. The minimum atomic E-state index is -2.73. The maximum atomic E-state index is 14.1. The van der Waals surface area contributed by atoms with Gasteiger partial charge in [0, 0.05) is 6.61 Å². The fourth-order valence-electron chi connectivity index (χ4n) is 3.08. The molecule has 1 saturated carbocycles. The summed E-state index contributed by atoms with van der Waals surface area (Å²) in [5.41, 5.74) is -1.12. The van der Waals surface area contributed by atoms with Gasteiger partial charge in [-0.15, -0.1) is 0 Å². The van der Waals surface area contributed by atoms with E-state index in [1.807, 2.05) is 27.7 Å². The van der Waals surface area contributed by atoms with Gasteiger partial charge in [0.15, 0.2) is 0 Å². The highest BCUT2D eigenvalue weighted by atomic mass is 19.3. The molecular weight excluding hydrogens is 241 g/mol. The van der Waals surface area contributed by atoms with Gasteiger partial charge in [-0.1, -0.05) is 0 Å². The van der Waals surface area contributed by atoms with Crippen molar-refractivity contribution >= 4 is 7.12 Å². The molecule has 0 spiro atoms. The summed E-state index contributed by atoms with van der Waals surface area (Å²) >= 11 is 0. The first kappa shape index (κ1) is 12.8. The van der Waals surface area contributed by atoms with Crippen LogP contribution in [0.5, 0.6) is 0 Å². The van der Waals surface area contributed by atoms with Crippen LogP contribution in [0.1, 0.15) is 34.1 Å². The van der Waals surface area contributed by atoms with Crippen molar-refractivity contribution in [3.63, 3.8) is 0 Å². The van der Waals surface area contributed by atoms with Gasteiger partial charge in [0.2, 0.25) is 0 Å². The molecule has 0 bridgehead atoms. The molecule has 3 aliphatic rings. The Hall–Kier alpha value is -0.195. The van der Waals surface area contributed by atoms with E-state index >= 15 is 0 Å². The van der Waals surface area contributed by atoms with Crippen LogP contribution in [0.4, 0.5) is 8.78 Å². The van der Waals surface area contributed by atoms with Crippen LogP contribution in [-0.4, -0.2) is 37.5 Å². The highest BCUT2D eigenvalue weighted by Gasteiger charge is 2.88. The molecule has 2 aliphatic heterocycles. The molecule has 0 N–H and O–H groups in total. The topological polar surface area (TPSA) is 27.7 Å². The average Bonchev–Trinajstić information content (AvgIpc) is 2.66. The lowest BCUT2D eigenvalue weighted by Crippen LogP contribution is -2.41. The molecule has 0 aromatic carbocycles. The number of hydrogen-bond donors (Lipinski definition) is 0. The monoisotopic (exact) mass is 260 g/mol. The minimum Gasteiger partial charge on any atom is -0.403 e. The Balaban J connectivity index is 1.89. The standard InChI is InChI=1S/C12H19BF2O3/c1-9(2)10(3,4)18-13(17-9)11-5-6-16-7-8(11)12(11,14)15/h8H,5-7H2,1-4H3. The summed E-state index contributed by atoms with van der Waals surface area (Å²) in [6.07, 6.45) is 0.307. The molecule has 0 aromatic heterocycles. The summed E-state index contributed by atoms with van der Waals surface area (Å²) in [6.45, 7) is 8.02. The molecule has 2 heterocycles. The molecule has 102 valence electrons. The second kappa shape index (κ2) is 3.27. The molecular formula is C12H19BF2O3. The van der Waals surface area contributed by atoms with Gasteiger partial charge in [-0.05, 0) is 34.1 Å². The summed E-state index contributed by atoms with van der Waals surface area (Å²) in [7, 11) is -0.827. The molecule has 1 aliphatic carbocycles. The van der Waals surface area contributed by atoms with Gasteiger partial charge in [0.05, 0.1) is 29.0 Å². The minimum absolute atomic E-state index is 0.108. The van der Waals surface area contributed by atoms with Crippen LogP contribution in [0, 0.1) is 5.92 Å². The van der Waals surface area contributed by atoms with Crippen molar-refractivity contribution in [3.05, 3.63) is 0 Å². The first-order valence-corrected chi connectivity index (χ1v) is 6.46. The Morgan fingerprint density at radius 2 is 1.61 bits per heavy atom. The van der Waals surface area contributed by atoms with E-state index in [-0.39, 0.29) is 6.61 Å². The molecule has 0 radical (unpaired) electrons. The van der Waals surface area contributed by atoms with Crippen LogP contribution in [0.3, 0.4) is 0 Å². The summed E-state index contributed by atoms with van der Waals surface area (Å²) < 4.78 is 45.0. The lowest BCUT2D eigenvalue weighted by molar-refractivity contribution is 0.00578. The van der Waals surface area contributed by atoms with Crippen molar-refractivity contribution < 1.29 is 22.8 Å². The number of alkyl halides is 2. The highest BCUT2D eigenvalue weighted by molar-refractivity contribution is 6.52. The quantitative estimate of drug-likeness (QED) is 0.678. The van der Waals surface area contributed by atoms with Crippen LogP contribution in [0.15, 0.2) is 0 Å². The molecule has 2 saturated heterocycles. The number of ether oxygens (including phenoxy) is 1. The Morgan fingerprint density at radius 1 is 1.06 bits per heavy atom. The van der Waals surface area contributed by atoms with Crippen molar-refractivity contribution in [2.24, 2.45) is 5.92 Å². The third kappa shape index (κ3) is 1.29. The molecule has 6 heteroatoms. The van der Waals surface area contributed by atoms with Crippen LogP contribution in [0.25, 0.3) is 0 Å². The van der Waals surface area contributed by atoms with Gasteiger partial charge in [-0.25, -0.2) is 8.78 Å². The fraction of sp³-hybridized carbons (Fsp3) is 1.00. The summed E-state index contributed by atoms with van der Waals surface area (Å²) in [6, 6.07) is 0. The first-order valence-electron chi connectivity index (χ1n) is 6.46. The maximum Gasteiger partial charge on any atom is 0.471 e. The van der Waals surface area contributed by atoms with E-state index in [1.54, 1.807) is 0 Å². The third-order valence-electron chi connectivity index (χ3n) is 5.22. The lowest BCUT2D eigenvalue weighted by Gasteiger charge is -2.32. The zero-order chi connectivity index (χ0) is 13.4. The van der Waals surface area contributed by atoms with Gasteiger partial charge >= 0.3 is 7.12 Å². The summed E-state index contributed by atoms with van der Waals surface area (Å²) in [5, 5.41) is -1.17. The van der Waals surface area contributed by atoms with E-state index in [0.717, 1.165) is 0 Å². The third-order valence-corrected chi connectivity index (χ3v) is 5.22. The number of hydrogen-bond acceptors (Lipinski definition) is 3. The Bertz CT molecular complexity index is 370. The first-order chi connectivity index (χ1) is 8.15. The van der Waals surface area contributed by atoms with E-state index < -0.39 is 35.5 Å². The van der Waals surface area contributed by atoms with E-state index in [4.69, 9.17) is 14.0 Å². The number of rotatable bonds is 1. The van der Waals surface area contributed by atoms with Crippen molar-refractivity contribution in [2.45, 2.75) is 56.6 Å². The van der Waals surface area contributed by atoms with Crippen LogP contribution < -0.4 is 0 Å². The molecule has 0 aromatic rings. The fourth-order valence-corrected chi connectivity index (χ4v) is 3.08. The summed E-state index contributed by atoms with van der Waals surface area (Å²) in [4.78, 5) is 0. The average molecular weight is 260 g/mol. The lowest BCUT2D eigenvalue weighted by atomic mass is 9.63. The zero-order valence-corrected chi connectivity index (χ0v) is 11.3. The smallest absolute Gasteiger partial charge is 0.403 e. The predicted octanol–water partition coefficient (Wildman–Crippen LogP) is 2.50. The Morgan fingerprint density at radius 3 is 2.11 bits per heavy atom. The van der Waals surface area contributed by atoms with Crippen molar-refractivity contribution in [2.75, 3.05) is 13.2 Å². The zero-order valence-electron chi connectivity index (χ0n) is 11.3. The molecule has 2 atom stereocenters. The van der Waals surface area contributed by atoms with E-state index in [9.17, 15) is 8.78 Å². The van der Waals surface area contributed by atoms with Crippen molar-refractivity contribution in [3.8, 4) is 0 Å². The van der Waals surface area contributed by atoms with Gasteiger partial charge in [0.25, 0.3) is 5.92 Å². The normalized spacial score (nSPS) is 43.7. The summed E-state index contributed by atoms with van der Waals surface area (Å²) in [5.74, 6) is -3.49. The van der Waals surface area contributed by atoms with Gasteiger partial charge in [-0.2, -0.15) is 0 Å². The largest absolute Gasteiger partial charge is 0.471 e. The van der Waals surface area contributed by atoms with Gasteiger partial charge in [-0.3, -0.25) is 0 Å². The van der Waals surface area contributed by atoms with Gasteiger partial charge in [0.1, 0.15) is 0 Å². The number of fused-ring (bicyclic) bond motifs is 1. The molecule has 3 rings (SSSR count). The van der Waals surface area contributed by atoms with Crippen molar-refractivity contribution in [1.29, 1.82) is 0 Å². The molecule has 3 nitrogen and oxygen atoms in total.